The Balaban J connectivity index is 0.000000186. The normalized spacial score (nSPS) is 11.4. The number of nitrogens with zero attached hydrogens (tertiary/aromatic N) is 1. The zero-order valence-corrected chi connectivity index (χ0v) is 30.2. The van der Waals surface area contributed by atoms with Gasteiger partial charge in [0.1, 0.15) is 12.2 Å². The van der Waals surface area contributed by atoms with E-state index >= 15 is 0 Å². The molecule has 4 aromatic carbocycles. The minimum Gasteiger partial charge on any atom is -0.505 e. The molecule has 1 aliphatic rings. The summed E-state index contributed by atoms with van der Waals surface area (Å²) in [6, 6.07) is 24.9. The highest BCUT2D eigenvalue weighted by molar-refractivity contribution is 6.51. The van der Waals surface area contributed by atoms with Crippen LogP contribution in [0.5, 0.6) is 5.75 Å². The molecule has 0 saturated carbocycles. The Morgan fingerprint density at radius 2 is 1.38 bits per heavy atom. The van der Waals surface area contributed by atoms with E-state index in [4.69, 9.17) is 23.2 Å². The van der Waals surface area contributed by atoms with Crippen LogP contribution in [0.4, 0.5) is 5.69 Å². The van der Waals surface area contributed by atoms with E-state index in [0.717, 1.165) is 35.1 Å². The number of carboxylic acids is 1. The monoisotopic (exact) mass is 742 g/mol. The first-order valence-corrected chi connectivity index (χ1v) is 17.1. The lowest BCUT2D eigenvalue weighted by Gasteiger charge is -2.12. The predicted octanol–water partition coefficient (Wildman–Crippen LogP) is 7.84. The molecule has 52 heavy (non-hydrogen) atoms. The summed E-state index contributed by atoms with van der Waals surface area (Å²) >= 11 is 11.6. The Kier molecular flexibility index (Phi) is 13.6. The number of para-hydroxylation sites is 2. The number of fused-ring (bicyclic) bond motifs is 2. The summed E-state index contributed by atoms with van der Waals surface area (Å²) in [6.07, 6.45) is 2.13. The van der Waals surface area contributed by atoms with Crippen LogP contribution in [0.25, 0.3) is 10.9 Å². The van der Waals surface area contributed by atoms with Crippen molar-refractivity contribution < 1.29 is 38.9 Å². The fraction of sp³-hybridized carbons (Fsp3) is 0.200. The Morgan fingerprint density at radius 1 is 0.808 bits per heavy atom. The number of pyridine rings is 1. The van der Waals surface area contributed by atoms with E-state index in [1.54, 1.807) is 60.7 Å². The van der Waals surface area contributed by atoms with Gasteiger partial charge in [-0.25, -0.2) is 9.78 Å². The molecule has 0 radical (unpaired) electrons. The number of carbonyl (C=O) groups excluding carboxylic acids is 4. The van der Waals surface area contributed by atoms with Crippen molar-refractivity contribution in [2.75, 3.05) is 11.9 Å². The van der Waals surface area contributed by atoms with Gasteiger partial charge in [0.25, 0.3) is 11.7 Å². The molecule has 0 unspecified atom stereocenters. The molecule has 3 N–H and O–H groups in total. The zero-order chi connectivity index (χ0) is 37.9. The van der Waals surface area contributed by atoms with Crippen LogP contribution >= 0.6 is 23.2 Å². The molecule has 1 aromatic heterocycles. The largest absolute Gasteiger partial charge is 0.505 e. The number of amides is 1. The van der Waals surface area contributed by atoms with E-state index < -0.39 is 23.6 Å². The van der Waals surface area contributed by atoms with Crippen molar-refractivity contribution >= 4 is 69.2 Å². The second kappa shape index (κ2) is 18.1. The van der Waals surface area contributed by atoms with Gasteiger partial charge in [-0.3, -0.25) is 19.2 Å². The molecule has 0 saturated heterocycles. The van der Waals surface area contributed by atoms with Crippen LogP contribution in [0, 0.1) is 0 Å². The number of ketones is 2. The molecule has 12 heteroatoms. The number of nitrogens with one attached hydrogen (secondary N) is 1. The number of halogens is 2. The highest BCUT2D eigenvalue weighted by Crippen LogP contribution is 2.32. The molecule has 10 nitrogen and oxygen atoms in total. The number of hydrogen-bond acceptors (Lipinski definition) is 8. The van der Waals surface area contributed by atoms with E-state index in [9.17, 15) is 34.2 Å². The number of aryl methyl sites for hydroxylation is 2. The molecule has 5 aromatic rings. The van der Waals surface area contributed by atoms with Crippen molar-refractivity contribution in [2.45, 2.75) is 46.5 Å². The van der Waals surface area contributed by atoms with Gasteiger partial charge in [-0.2, -0.15) is 0 Å². The minimum atomic E-state index is -1.16. The number of carboxylic acid groups (broad SMARTS) is 1. The highest BCUT2D eigenvalue weighted by atomic mass is 35.5. The molecule has 1 aliphatic heterocycles. The van der Waals surface area contributed by atoms with Crippen LogP contribution in [0.3, 0.4) is 0 Å². The molecule has 0 atom stereocenters. The Labute approximate surface area is 310 Å². The van der Waals surface area contributed by atoms with Crippen LogP contribution in [0.1, 0.15) is 69.4 Å². The Bertz CT molecular complexity index is 2130. The maximum absolute atomic E-state index is 11.7. The lowest BCUT2D eigenvalue weighted by Crippen LogP contribution is -2.13. The predicted molar refractivity (Wildman–Crippen MR) is 200 cm³/mol. The van der Waals surface area contributed by atoms with Crippen LogP contribution in [-0.2, 0) is 44.8 Å². The number of Topliss-reactive ketones (excluding diaryl/α,β-unsaturated/α-hetero) is 2. The maximum Gasteiger partial charge on any atom is 0.340 e. The first-order chi connectivity index (χ1) is 24.8. The third-order valence-electron chi connectivity index (χ3n) is 8.00. The van der Waals surface area contributed by atoms with Gasteiger partial charge in [0, 0.05) is 35.2 Å². The molecule has 2 heterocycles. The molecule has 0 aliphatic carbocycles. The second-order valence-corrected chi connectivity index (χ2v) is 12.5. The first kappa shape index (κ1) is 39.2. The smallest absolute Gasteiger partial charge is 0.340 e. The van der Waals surface area contributed by atoms with Crippen molar-refractivity contribution in [1.82, 2.24) is 4.98 Å². The molecular formula is C40H36Cl2N2O8. The summed E-state index contributed by atoms with van der Waals surface area (Å²) in [6.45, 7) is 5.08. The zero-order valence-electron chi connectivity index (χ0n) is 28.7. The Morgan fingerprint density at radius 3 is 1.96 bits per heavy atom. The van der Waals surface area contributed by atoms with Crippen LogP contribution < -0.4 is 5.32 Å². The number of carbonyl (C=O) groups is 5. The van der Waals surface area contributed by atoms with Crippen molar-refractivity contribution in [2.24, 2.45) is 0 Å². The summed E-state index contributed by atoms with van der Waals surface area (Å²) in [5.41, 5.74) is 5.79. The standard InChI is InChI=1S/C19H16ClNO3.C11H11ClO3.C10H9NO2/c1-2-12-4-3-5-14-16(19(23)24)18(22)15(21-17(12)14)10-11-6-8-13(20)9-7-11;1-8(13)15-7-11(14)6-9-2-4-10(12)5-3-9;1-2-6-4-3-5-7-8(6)11-10(13)9(7)12/h3-9,22H,2,10H2,1H3,(H,23,24);2-5H,6-7H2,1H3;3-5H,2H2,1H3,(H,11,12,13). The fourth-order valence-electron chi connectivity index (χ4n) is 5.39. The number of hydrogen-bond donors (Lipinski definition) is 3. The quantitative estimate of drug-likeness (QED) is 0.101. The van der Waals surface area contributed by atoms with E-state index in [2.05, 4.69) is 15.0 Å². The van der Waals surface area contributed by atoms with Gasteiger partial charge >= 0.3 is 11.9 Å². The van der Waals surface area contributed by atoms with Crippen molar-refractivity contribution in [1.29, 1.82) is 0 Å². The van der Waals surface area contributed by atoms with Gasteiger partial charge in [0.2, 0.25) is 0 Å². The van der Waals surface area contributed by atoms with Gasteiger partial charge in [0.05, 0.1) is 22.5 Å². The number of esters is 1. The summed E-state index contributed by atoms with van der Waals surface area (Å²) in [7, 11) is 0. The molecule has 0 spiro atoms. The third kappa shape index (κ3) is 10.0. The van der Waals surface area contributed by atoms with Gasteiger partial charge < -0.3 is 20.3 Å². The molecule has 1 amide bonds. The van der Waals surface area contributed by atoms with Crippen molar-refractivity contribution in [3.05, 3.63) is 134 Å². The third-order valence-corrected chi connectivity index (χ3v) is 8.50. The number of aromatic hydroxyl groups is 1. The van der Waals surface area contributed by atoms with Gasteiger partial charge in [0.15, 0.2) is 11.5 Å². The lowest BCUT2D eigenvalue weighted by molar-refractivity contribution is -0.145. The highest BCUT2D eigenvalue weighted by Gasteiger charge is 2.29. The maximum atomic E-state index is 11.7. The number of aromatic carboxylic acids is 1. The van der Waals surface area contributed by atoms with Crippen LogP contribution in [-0.4, -0.2) is 51.2 Å². The van der Waals surface area contributed by atoms with Crippen LogP contribution in [0.2, 0.25) is 10.0 Å². The molecule has 0 fully saturated rings. The van der Waals surface area contributed by atoms with Crippen molar-refractivity contribution in [3.63, 3.8) is 0 Å². The number of benzene rings is 4. The number of rotatable bonds is 9. The average molecular weight is 744 g/mol. The second-order valence-electron chi connectivity index (χ2n) is 11.7. The first-order valence-electron chi connectivity index (χ1n) is 16.3. The van der Waals surface area contributed by atoms with E-state index in [1.807, 2.05) is 38.1 Å². The molecule has 6 rings (SSSR count). The summed E-state index contributed by atoms with van der Waals surface area (Å²) < 4.78 is 4.59. The SMILES string of the molecule is CC(=O)OCC(=O)Cc1ccc(Cl)cc1.CCc1cccc2c(C(=O)O)c(O)c(Cc3ccc(Cl)cc3)nc12.CCc1cccc2c1NC(=O)C2=O. The van der Waals surface area contributed by atoms with Gasteiger partial charge in [-0.15, -0.1) is 0 Å². The molecular weight excluding hydrogens is 707 g/mol. The minimum absolute atomic E-state index is 0.0979. The summed E-state index contributed by atoms with van der Waals surface area (Å²) in [5, 5.41) is 24.3. The number of ether oxygens (including phenoxy) is 1. The Hall–Kier alpha value is -5.58. The van der Waals surface area contributed by atoms with Gasteiger partial charge in [-0.05, 0) is 65.4 Å². The fourth-order valence-corrected chi connectivity index (χ4v) is 5.64. The molecule has 0 bridgehead atoms. The average Bonchev–Trinajstić information content (AvgIpc) is 3.42. The van der Waals surface area contributed by atoms with Gasteiger partial charge in [-0.1, -0.05) is 91.6 Å². The van der Waals surface area contributed by atoms with Crippen LogP contribution in [0.15, 0.2) is 84.9 Å². The molecule has 268 valence electrons. The summed E-state index contributed by atoms with van der Waals surface area (Å²) in [4.78, 5) is 60.3. The summed E-state index contributed by atoms with van der Waals surface area (Å²) in [5.74, 6) is -2.96. The van der Waals surface area contributed by atoms with E-state index in [-0.39, 0.29) is 30.1 Å². The topological polar surface area (TPSA) is 160 Å². The van der Waals surface area contributed by atoms with E-state index in [1.165, 1.54) is 6.92 Å². The number of aromatic nitrogens is 1. The van der Waals surface area contributed by atoms with E-state index in [0.29, 0.717) is 44.3 Å². The number of anilines is 1. The lowest BCUT2D eigenvalue weighted by atomic mass is 9.99. The van der Waals surface area contributed by atoms with Crippen molar-refractivity contribution in [3.8, 4) is 5.75 Å².